The van der Waals surface area contributed by atoms with E-state index in [1.807, 2.05) is 30.6 Å². The summed E-state index contributed by atoms with van der Waals surface area (Å²) in [6.07, 6.45) is 3.69. The molecule has 2 aliphatic rings. The average Bonchev–Trinajstić information content (AvgIpc) is 3.53. The number of rotatable bonds is 0. The van der Waals surface area contributed by atoms with E-state index in [2.05, 4.69) is 164 Å². The number of hydrogen-bond donors (Lipinski definition) is 0. The Labute approximate surface area is 304 Å². The molecule has 10 rings (SSSR count). The lowest BCUT2D eigenvalue weighted by Gasteiger charge is -2.24. The number of pyridine rings is 2. The van der Waals surface area contributed by atoms with Gasteiger partial charge in [0.05, 0.1) is 0 Å². The molecule has 0 radical (unpaired) electrons. The van der Waals surface area contributed by atoms with Crippen LogP contribution in [0.4, 0.5) is 0 Å². The van der Waals surface area contributed by atoms with Crippen LogP contribution in [0.1, 0.15) is 72.5 Å². The number of fused-ring (bicyclic) bond motifs is 10. The molecule has 2 aromatic heterocycles. The van der Waals surface area contributed by atoms with Crippen LogP contribution >= 0.6 is 0 Å². The van der Waals surface area contributed by atoms with Crippen molar-refractivity contribution in [3.8, 4) is 45.9 Å². The van der Waals surface area contributed by atoms with E-state index in [9.17, 15) is 0 Å². The van der Waals surface area contributed by atoms with Crippen molar-refractivity contribution in [3.05, 3.63) is 178 Å². The molecule has 0 unspecified atom stereocenters. The predicted molar refractivity (Wildman–Crippen MR) is 215 cm³/mol. The van der Waals surface area contributed by atoms with Gasteiger partial charge in [-0.3, -0.25) is 0 Å². The highest BCUT2D eigenvalue weighted by Gasteiger charge is 2.42. The zero-order valence-corrected chi connectivity index (χ0v) is 29.6. The Kier molecular flexibility index (Phi) is 6.43. The molecule has 0 spiro atoms. The summed E-state index contributed by atoms with van der Waals surface area (Å²) in [4.78, 5) is 9.26. The van der Waals surface area contributed by atoms with Gasteiger partial charge in [-0.2, -0.15) is 0 Å². The van der Waals surface area contributed by atoms with Crippen LogP contribution in [0.15, 0.2) is 134 Å². The lowest BCUT2D eigenvalue weighted by Crippen LogP contribution is -2.17. The Bertz CT molecular complexity index is 2960. The second kappa shape index (κ2) is 11.0. The molecule has 2 nitrogen and oxygen atoms in total. The van der Waals surface area contributed by atoms with Gasteiger partial charge in [-0.25, -0.2) is 9.97 Å². The fraction of sp³-hybridized carbons (Fsp3) is 0.120. The van der Waals surface area contributed by atoms with Gasteiger partial charge in [-0.1, -0.05) is 118 Å². The molecular weight excluding hydrogens is 629 g/mol. The standard InChI is InChI=1S/C50H34N2/c1-49(2)42-27-31(18-21-46-36-14-7-5-11-32(36)23-25-51-46)17-20-38(42)40-29-44-41(30-43(40)49)48-39-16-10-9-13-35(39)34(28-45(48)50(44,3)4)19-22-47-37-15-8-6-12-33(37)24-26-52-47/h5-17,20,23-30H,1-4H3. The third-order valence-corrected chi connectivity index (χ3v) is 11.5. The molecule has 6 aromatic carbocycles. The highest BCUT2D eigenvalue weighted by Crippen LogP contribution is 2.57. The van der Waals surface area contributed by atoms with Gasteiger partial charge in [0, 0.05) is 45.1 Å². The van der Waals surface area contributed by atoms with Crippen LogP contribution in [-0.4, -0.2) is 9.97 Å². The first-order chi connectivity index (χ1) is 25.3. The van der Waals surface area contributed by atoms with Crippen LogP contribution in [0.2, 0.25) is 0 Å². The predicted octanol–water partition coefficient (Wildman–Crippen LogP) is 11.3. The summed E-state index contributed by atoms with van der Waals surface area (Å²) in [7, 11) is 0. The summed E-state index contributed by atoms with van der Waals surface area (Å²) < 4.78 is 0. The first kappa shape index (κ1) is 30.4. The van der Waals surface area contributed by atoms with Crippen LogP contribution in [0.5, 0.6) is 0 Å². The molecule has 0 amide bonds. The lowest BCUT2D eigenvalue weighted by atomic mass is 9.79. The van der Waals surface area contributed by atoms with E-state index < -0.39 is 0 Å². The van der Waals surface area contributed by atoms with Crippen molar-refractivity contribution in [1.82, 2.24) is 9.97 Å². The van der Waals surface area contributed by atoms with E-state index in [0.717, 1.165) is 44.1 Å². The monoisotopic (exact) mass is 662 g/mol. The quantitative estimate of drug-likeness (QED) is 0.151. The first-order valence-corrected chi connectivity index (χ1v) is 17.9. The Morgan fingerprint density at radius 2 is 0.962 bits per heavy atom. The molecule has 0 N–H and O–H groups in total. The number of nitrogens with zero attached hydrogens (tertiary/aromatic N) is 2. The maximum atomic E-state index is 4.66. The van der Waals surface area contributed by atoms with Crippen molar-refractivity contribution in [3.63, 3.8) is 0 Å². The highest BCUT2D eigenvalue weighted by atomic mass is 14.7. The smallest absolute Gasteiger partial charge is 0.121 e. The fourth-order valence-electron chi connectivity index (χ4n) is 8.69. The first-order valence-electron chi connectivity index (χ1n) is 17.9. The van der Waals surface area contributed by atoms with Crippen LogP contribution < -0.4 is 0 Å². The van der Waals surface area contributed by atoms with Crippen LogP contribution in [0.25, 0.3) is 54.6 Å². The molecule has 2 aliphatic carbocycles. The van der Waals surface area contributed by atoms with Crippen molar-refractivity contribution in [2.75, 3.05) is 0 Å². The Hall–Kier alpha value is -6.48. The van der Waals surface area contributed by atoms with Crippen molar-refractivity contribution in [1.29, 1.82) is 0 Å². The lowest BCUT2D eigenvalue weighted by molar-refractivity contribution is 0.652. The van der Waals surface area contributed by atoms with Gasteiger partial charge in [-0.15, -0.1) is 0 Å². The molecule has 0 fully saturated rings. The largest absolute Gasteiger partial charge is 0.247 e. The maximum Gasteiger partial charge on any atom is 0.121 e. The Morgan fingerprint density at radius 3 is 1.65 bits per heavy atom. The van der Waals surface area contributed by atoms with Gasteiger partial charge in [0.1, 0.15) is 11.4 Å². The third kappa shape index (κ3) is 4.41. The van der Waals surface area contributed by atoms with E-state index in [1.54, 1.807) is 0 Å². The fourth-order valence-corrected chi connectivity index (χ4v) is 8.69. The van der Waals surface area contributed by atoms with Crippen molar-refractivity contribution in [2.24, 2.45) is 0 Å². The van der Waals surface area contributed by atoms with E-state index in [1.165, 1.54) is 55.3 Å². The topological polar surface area (TPSA) is 25.8 Å². The van der Waals surface area contributed by atoms with E-state index in [4.69, 9.17) is 0 Å². The minimum Gasteiger partial charge on any atom is -0.247 e. The molecule has 0 saturated carbocycles. The SMILES string of the molecule is CC1(C)c2cc(C#Cc3nccc4ccccc34)ccc2-c2cc3c(cc21)-c1c(cc(C#Cc2nccc4ccccc24)c2ccccc12)C3(C)C. The summed E-state index contributed by atoms with van der Waals surface area (Å²) >= 11 is 0. The minimum atomic E-state index is -0.207. The second-order valence-electron chi connectivity index (χ2n) is 15.1. The minimum absolute atomic E-state index is 0.186. The Balaban J connectivity index is 1.09. The molecule has 52 heavy (non-hydrogen) atoms. The van der Waals surface area contributed by atoms with E-state index in [-0.39, 0.29) is 10.8 Å². The molecule has 8 aromatic rings. The van der Waals surface area contributed by atoms with Crippen molar-refractivity contribution >= 4 is 32.3 Å². The maximum absolute atomic E-state index is 4.66. The van der Waals surface area contributed by atoms with E-state index >= 15 is 0 Å². The normalized spacial score (nSPS) is 14.2. The van der Waals surface area contributed by atoms with Gasteiger partial charge in [0.2, 0.25) is 0 Å². The molecule has 0 bridgehead atoms. The summed E-state index contributed by atoms with van der Waals surface area (Å²) in [6, 6.07) is 43.5. The Morgan fingerprint density at radius 1 is 0.423 bits per heavy atom. The zero-order chi connectivity index (χ0) is 35.2. The highest BCUT2D eigenvalue weighted by molar-refractivity contribution is 6.06. The molecule has 2 heteroatoms. The van der Waals surface area contributed by atoms with Crippen LogP contribution in [0, 0.1) is 23.7 Å². The zero-order valence-electron chi connectivity index (χ0n) is 29.6. The number of hydrogen-bond acceptors (Lipinski definition) is 2. The van der Waals surface area contributed by atoms with Crippen LogP contribution in [-0.2, 0) is 10.8 Å². The molecule has 0 saturated heterocycles. The number of aromatic nitrogens is 2. The third-order valence-electron chi connectivity index (χ3n) is 11.5. The van der Waals surface area contributed by atoms with E-state index in [0.29, 0.717) is 0 Å². The molecule has 244 valence electrons. The molecule has 0 aliphatic heterocycles. The van der Waals surface area contributed by atoms with Gasteiger partial charge in [0.25, 0.3) is 0 Å². The van der Waals surface area contributed by atoms with Gasteiger partial charge >= 0.3 is 0 Å². The second-order valence-corrected chi connectivity index (χ2v) is 15.1. The number of benzene rings is 6. The summed E-state index contributed by atoms with van der Waals surface area (Å²) in [6.45, 7) is 9.44. The average molecular weight is 663 g/mol. The summed E-state index contributed by atoms with van der Waals surface area (Å²) in [5.74, 6) is 13.8. The summed E-state index contributed by atoms with van der Waals surface area (Å²) in [5, 5.41) is 6.88. The van der Waals surface area contributed by atoms with Crippen molar-refractivity contribution in [2.45, 2.75) is 38.5 Å². The molecule has 2 heterocycles. The van der Waals surface area contributed by atoms with Gasteiger partial charge in [-0.05, 0) is 120 Å². The summed E-state index contributed by atoms with van der Waals surface area (Å²) in [5.41, 5.74) is 13.9. The van der Waals surface area contributed by atoms with Gasteiger partial charge in [0.15, 0.2) is 0 Å². The van der Waals surface area contributed by atoms with Gasteiger partial charge < -0.3 is 0 Å². The molecule has 0 atom stereocenters. The van der Waals surface area contributed by atoms with Crippen LogP contribution in [0.3, 0.4) is 0 Å². The van der Waals surface area contributed by atoms with Crippen molar-refractivity contribution < 1.29 is 0 Å². The molecular formula is C50H34N2.